The molecule has 9 nitrogen and oxygen atoms in total. The van der Waals surface area contributed by atoms with Gasteiger partial charge in [0.15, 0.2) is 0 Å². The van der Waals surface area contributed by atoms with Crippen molar-refractivity contribution in [3.63, 3.8) is 0 Å². The van der Waals surface area contributed by atoms with E-state index in [2.05, 4.69) is 0 Å². The van der Waals surface area contributed by atoms with E-state index < -0.39 is 98.2 Å². The molecule has 0 bridgehead atoms. The maximum atomic E-state index is 16.0. The van der Waals surface area contributed by atoms with Gasteiger partial charge in [-0.05, 0) is 0 Å². The monoisotopic (exact) mass is 1210 g/mol. The topological polar surface area (TPSA) is 114 Å². The van der Waals surface area contributed by atoms with E-state index in [0.29, 0.717) is 44.0 Å². The van der Waals surface area contributed by atoms with Gasteiger partial charge in [0.2, 0.25) is 0 Å². The summed E-state index contributed by atoms with van der Waals surface area (Å²) in [5.74, 6) is -3.44. The molecule has 9 rings (SSSR count). The zero-order valence-corrected chi connectivity index (χ0v) is 48.9. The number of hydrogen-bond donors (Lipinski definition) is 0. The Bertz CT molecular complexity index is 3380. The molecule has 0 aliphatic heterocycles. The summed E-state index contributed by atoms with van der Waals surface area (Å²) in [5.41, 5.74) is -2.97. The summed E-state index contributed by atoms with van der Waals surface area (Å²) in [6, 6.07) is 63.8. The summed E-state index contributed by atoms with van der Waals surface area (Å²) >= 11 is 0. The second kappa shape index (κ2) is 25.2. The normalized spacial score (nSPS) is 12.9. The predicted molar refractivity (Wildman–Crippen MR) is 328 cm³/mol. The molecule has 86 heavy (non-hydrogen) atoms. The fraction of sp³-hybridized carbons (Fsp3) is 0.147. The average molecular weight is 1210 g/mol. The van der Waals surface area contributed by atoms with Crippen LogP contribution in [0, 0.1) is 0 Å². The Morgan fingerprint density at radius 2 is 0.616 bits per heavy atom. The third-order valence-corrected chi connectivity index (χ3v) is 26.1. The van der Waals surface area contributed by atoms with Crippen molar-refractivity contribution >= 4 is 76.3 Å². The maximum absolute atomic E-state index is 16.0. The number of halogens is 6. The second-order valence-electron chi connectivity index (χ2n) is 21.0. The van der Waals surface area contributed by atoms with Crippen LogP contribution in [0.3, 0.4) is 0 Å². The van der Waals surface area contributed by atoms with E-state index in [0.717, 1.165) is 0 Å². The van der Waals surface area contributed by atoms with E-state index in [1.807, 2.05) is 0 Å². The van der Waals surface area contributed by atoms with Crippen molar-refractivity contribution in [3.05, 3.63) is 282 Å². The molecule has 9 aromatic rings. The van der Waals surface area contributed by atoms with Gasteiger partial charge in [0.25, 0.3) is 0 Å². The number of Topliss-reactive ketones (excluding diaryl/α,β-unsaturated/α-hetero) is 2. The summed E-state index contributed by atoms with van der Waals surface area (Å²) < 4.78 is 125. The van der Waals surface area contributed by atoms with Gasteiger partial charge in [0.05, 0.1) is 0 Å². The summed E-state index contributed by atoms with van der Waals surface area (Å²) in [5, 5.41) is 2.03. The van der Waals surface area contributed by atoms with Crippen molar-refractivity contribution in [1.29, 1.82) is 0 Å². The number of carbonyl (C=O) groups is 4. The van der Waals surface area contributed by atoms with Crippen LogP contribution in [-0.4, -0.2) is 55.4 Å². The number of ether oxygens (including phenoxy) is 2. The Hall–Kier alpha value is -8.52. The Labute approximate surface area is 495 Å². The Morgan fingerprint density at radius 3 is 0.849 bits per heavy atom. The molecule has 0 heterocycles. The summed E-state index contributed by atoms with van der Waals surface area (Å²) in [4.78, 5) is 58.2. The van der Waals surface area contributed by atoms with Crippen molar-refractivity contribution in [3.8, 4) is 5.75 Å². The first-order valence-electron chi connectivity index (χ1n) is 27.4. The van der Waals surface area contributed by atoms with Crippen LogP contribution in [0.4, 0.5) is 26.3 Å². The molecule has 0 aromatic heterocycles. The SMILES string of the molecule is CC(C)OC(=O)c1ccc(C(=O)CP(OB(Oc2cc(C(F)(F)F)cc(C(F)(F)F)c2)OP(CC(=O)c2ccc(C(=O)OC(C)C)cc2)(c2ccccc2)(c2ccccc2)c2ccccc2)(c2ccccc2)(c2ccccc2)c2ccccc2)cc1. The van der Waals surface area contributed by atoms with Crippen molar-refractivity contribution < 1.29 is 68.5 Å². The third kappa shape index (κ3) is 12.4. The van der Waals surface area contributed by atoms with Crippen molar-refractivity contribution in [1.82, 2.24) is 0 Å². The number of benzene rings is 9. The summed E-state index contributed by atoms with van der Waals surface area (Å²) in [6.07, 6.45) is -12.8. The van der Waals surface area contributed by atoms with Gasteiger partial charge in [-0.15, -0.1) is 0 Å². The number of alkyl halides is 6. The van der Waals surface area contributed by atoms with Crippen LogP contribution < -0.4 is 36.5 Å². The van der Waals surface area contributed by atoms with Crippen molar-refractivity contribution in [2.75, 3.05) is 12.3 Å². The molecule has 0 unspecified atom stereocenters. The standard InChI is InChI=1S/C68H59BF6O9P2/c1-48(2)80-65(78)52-39-35-50(36-40-52)63(76)46-85(57-23-11-5-12-24-57,58-25-13-6-14-26-58,59-27-15-7-16-28-59)83-69(82-56-44-54(67(70,71)72)43-55(45-56)68(73,74)75)84-86(60-29-17-8-18-30-60,61-31-19-9-20-32-61,62-33-21-10-22-34-62)47-64(77)51-37-41-53(42-38-51)66(79)81-49(3)4/h5-45,48-49H,46-47H2,1-4H3. The first kappa shape index (κ1) is 62.0. The Balaban J connectivity index is 1.42. The first-order valence-corrected chi connectivity index (χ1v) is 32.1. The van der Waals surface area contributed by atoms with Gasteiger partial charge < -0.3 is 0 Å². The summed E-state index contributed by atoms with van der Waals surface area (Å²) in [7, 11) is -2.50. The number of hydrogen-bond acceptors (Lipinski definition) is 9. The van der Waals surface area contributed by atoms with Crippen LogP contribution in [-0.2, 0) is 30.7 Å². The van der Waals surface area contributed by atoms with Gasteiger partial charge in [-0.25, -0.2) is 0 Å². The molecule has 0 radical (unpaired) electrons. The third-order valence-electron chi connectivity index (χ3n) is 14.7. The molecule has 9 aromatic carbocycles. The van der Waals surface area contributed by atoms with Crippen LogP contribution >= 0.6 is 13.7 Å². The molecule has 0 atom stereocenters. The van der Waals surface area contributed by atoms with Crippen LogP contribution in [0.25, 0.3) is 0 Å². The van der Waals surface area contributed by atoms with Gasteiger partial charge >= 0.3 is 497 Å². The molecule has 440 valence electrons. The fourth-order valence-corrected chi connectivity index (χ4v) is 21.8. The quantitative estimate of drug-likeness (QED) is 0.0215. The van der Waals surface area contributed by atoms with Crippen molar-refractivity contribution in [2.24, 2.45) is 0 Å². The fourth-order valence-electron chi connectivity index (χ4n) is 10.8. The number of ketones is 2. The van der Waals surface area contributed by atoms with Gasteiger partial charge in [0.1, 0.15) is 0 Å². The minimum absolute atomic E-state index is 0.0294. The van der Waals surface area contributed by atoms with Crippen LogP contribution in [0.15, 0.2) is 249 Å². The molecule has 0 N–H and O–H groups in total. The molecular weight excluding hydrogens is 1150 g/mol. The Kier molecular flexibility index (Phi) is 18.2. The van der Waals surface area contributed by atoms with E-state index in [1.165, 1.54) is 48.5 Å². The van der Waals surface area contributed by atoms with Crippen LogP contribution in [0.1, 0.15) is 80.3 Å². The molecule has 0 saturated heterocycles. The molecule has 0 spiro atoms. The molecule has 18 heteroatoms. The van der Waals surface area contributed by atoms with Gasteiger partial charge in [-0.1, -0.05) is 0 Å². The second-order valence-corrected chi connectivity index (χ2v) is 30.0. The molecule has 0 saturated carbocycles. The molecule has 0 amide bonds. The van der Waals surface area contributed by atoms with E-state index in [4.69, 9.17) is 23.0 Å². The van der Waals surface area contributed by atoms with E-state index in [1.54, 1.807) is 210 Å². The molecule has 0 aliphatic carbocycles. The van der Waals surface area contributed by atoms with E-state index in [-0.39, 0.29) is 28.3 Å². The first-order chi connectivity index (χ1) is 41.0. The van der Waals surface area contributed by atoms with Crippen molar-refractivity contribution in [2.45, 2.75) is 52.3 Å². The average Bonchev–Trinajstić information content (AvgIpc) is 0.695. The van der Waals surface area contributed by atoms with E-state index in [9.17, 15) is 9.59 Å². The van der Waals surface area contributed by atoms with Crippen LogP contribution in [0.5, 0.6) is 5.75 Å². The molecule has 0 fully saturated rings. The zero-order valence-electron chi connectivity index (χ0n) is 47.2. The predicted octanol–water partition coefficient (Wildman–Crippen LogP) is 13.9. The van der Waals surface area contributed by atoms with Gasteiger partial charge in [-0.3, -0.25) is 0 Å². The van der Waals surface area contributed by atoms with E-state index >= 15 is 35.9 Å². The minimum atomic E-state index is -5.47. The molecule has 0 aliphatic rings. The zero-order chi connectivity index (χ0) is 61.4. The number of esters is 2. The molecular formula is C68H59BF6O9P2. The number of rotatable bonds is 22. The van der Waals surface area contributed by atoms with Crippen LogP contribution in [0.2, 0.25) is 0 Å². The van der Waals surface area contributed by atoms with Gasteiger partial charge in [-0.2, -0.15) is 0 Å². The van der Waals surface area contributed by atoms with Gasteiger partial charge in [0, 0.05) is 0 Å². The Morgan fingerprint density at radius 1 is 0.372 bits per heavy atom. The number of carbonyl (C=O) groups excluding carboxylic acids is 4. The summed E-state index contributed by atoms with van der Waals surface area (Å²) in [6.45, 7) is -4.18.